The van der Waals surface area contributed by atoms with Gasteiger partial charge in [-0.3, -0.25) is 0 Å². The van der Waals surface area contributed by atoms with Gasteiger partial charge >= 0.3 is 12.0 Å². The molecule has 1 aromatic rings. The van der Waals surface area contributed by atoms with Crippen LogP contribution in [-0.4, -0.2) is 40.3 Å². The van der Waals surface area contributed by atoms with Crippen LogP contribution in [0.5, 0.6) is 0 Å². The van der Waals surface area contributed by atoms with Crippen LogP contribution in [0, 0.1) is 0 Å². The second-order valence-electron chi connectivity index (χ2n) is 3.26. The van der Waals surface area contributed by atoms with Crippen LogP contribution in [0.25, 0.3) is 0 Å². The van der Waals surface area contributed by atoms with E-state index in [0.717, 1.165) is 4.90 Å². The Bertz CT molecular complexity index is 363. The SMILES string of the molecule is CC(C(=O)O)N(C)C(=O)NCc1ccno1. The molecule has 0 aromatic carbocycles. The summed E-state index contributed by atoms with van der Waals surface area (Å²) in [6.45, 7) is 1.60. The van der Waals surface area contributed by atoms with E-state index in [9.17, 15) is 9.59 Å². The second-order valence-corrected chi connectivity index (χ2v) is 3.26. The highest BCUT2D eigenvalue weighted by Gasteiger charge is 2.21. The van der Waals surface area contributed by atoms with Gasteiger partial charge in [-0.1, -0.05) is 5.16 Å². The molecule has 0 radical (unpaired) electrons. The number of aliphatic carboxylic acids is 1. The third-order valence-corrected chi connectivity index (χ3v) is 2.16. The van der Waals surface area contributed by atoms with Crippen LogP contribution in [0.4, 0.5) is 4.79 Å². The minimum atomic E-state index is -1.06. The number of hydrogen-bond donors (Lipinski definition) is 2. The lowest BCUT2D eigenvalue weighted by Crippen LogP contribution is -2.45. The molecule has 0 saturated carbocycles. The fourth-order valence-corrected chi connectivity index (χ4v) is 0.962. The van der Waals surface area contributed by atoms with E-state index in [1.165, 1.54) is 20.2 Å². The summed E-state index contributed by atoms with van der Waals surface area (Å²) in [6, 6.07) is 0.252. The molecule has 0 aliphatic rings. The van der Waals surface area contributed by atoms with Gasteiger partial charge in [0.15, 0.2) is 5.76 Å². The third kappa shape index (κ3) is 2.97. The summed E-state index contributed by atoms with van der Waals surface area (Å²) < 4.78 is 4.77. The Morgan fingerprint density at radius 3 is 2.88 bits per heavy atom. The van der Waals surface area contributed by atoms with Gasteiger partial charge in [-0.05, 0) is 6.92 Å². The molecule has 2 N–H and O–H groups in total. The van der Waals surface area contributed by atoms with Gasteiger partial charge in [0.2, 0.25) is 0 Å². The Balaban J connectivity index is 2.43. The van der Waals surface area contributed by atoms with Gasteiger partial charge in [-0.15, -0.1) is 0 Å². The summed E-state index contributed by atoms with van der Waals surface area (Å²) in [5.74, 6) is -0.554. The van der Waals surface area contributed by atoms with E-state index in [-0.39, 0.29) is 6.54 Å². The number of rotatable bonds is 4. The van der Waals surface area contributed by atoms with Crippen molar-refractivity contribution in [2.45, 2.75) is 19.5 Å². The molecule has 0 saturated heterocycles. The molecule has 2 amide bonds. The number of nitrogens with one attached hydrogen (secondary N) is 1. The van der Waals surface area contributed by atoms with E-state index < -0.39 is 18.0 Å². The zero-order valence-corrected chi connectivity index (χ0v) is 9.01. The number of carboxylic acid groups (broad SMARTS) is 1. The van der Waals surface area contributed by atoms with Gasteiger partial charge in [0.1, 0.15) is 6.04 Å². The zero-order chi connectivity index (χ0) is 12.1. The number of carbonyl (C=O) groups excluding carboxylic acids is 1. The molecule has 16 heavy (non-hydrogen) atoms. The van der Waals surface area contributed by atoms with Crippen molar-refractivity contribution in [3.05, 3.63) is 18.0 Å². The first kappa shape index (κ1) is 12.0. The Labute approximate surface area is 92.0 Å². The quantitative estimate of drug-likeness (QED) is 0.770. The van der Waals surface area contributed by atoms with Crippen LogP contribution in [0.1, 0.15) is 12.7 Å². The number of nitrogens with zero attached hydrogens (tertiary/aromatic N) is 2. The Morgan fingerprint density at radius 2 is 2.38 bits per heavy atom. The van der Waals surface area contributed by atoms with Crippen LogP contribution in [0.3, 0.4) is 0 Å². The van der Waals surface area contributed by atoms with E-state index in [0.29, 0.717) is 5.76 Å². The monoisotopic (exact) mass is 227 g/mol. The molecule has 1 atom stereocenters. The number of likely N-dealkylation sites (N-methyl/N-ethyl adjacent to an activating group) is 1. The van der Waals surface area contributed by atoms with Crippen LogP contribution in [-0.2, 0) is 11.3 Å². The first-order valence-corrected chi connectivity index (χ1v) is 4.65. The minimum Gasteiger partial charge on any atom is -0.480 e. The van der Waals surface area contributed by atoms with Crippen molar-refractivity contribution >= 4 is 12.0 Å². The lowest BCUT2D eigenvalue weighted by atomic mass is 10.3. The molecule has 0 bridgehead atoms. The minimum absolute atomic E-state index is 0.176. The fourth-order valence-electron chi connectivity index (χ4n) is 0.962. The molecule has 0 spiro atoms. The lowest BCUT2D eigenvalue weighted by Gasteiger charge is -2.21. The maximum atomic E-state index is 11.5. The van der Waals surface area contributed by atoms with Gasteiger partial charge in [-0.2, -0.15) is 0 Å². The van der Waals surface area contributed by atoms with Crippen molar-refractivity contribution in [3.8, 4) is 0 Å². The standard InChI is InChI=1S/C9H13N3O4/c1-6(8(13)14)12(2)9(15)10-5-7-3-4-11-16-7/h3-4,6H,5H2,1-2H3,(H,10,15)(H,13,14). The largest absolute Gasteiger partial charge is 0.480 e. The molecular weight excluding hydrogens is 214 g/mol. The Hall–Kier alpha value is -2.05. The van der Waals surface area contributed by atoms with Gasteiger partial charge in [0.25, 0.3) is 0 Å². The summed E-state index contributed by atoms with van der Waals surface area (Å²) in [4.78, 5) is 23.2. The molecule has 1 unspecified atom stereocenters. The van der Waals surface area contributed by atoms with E-state index in [1.807, 2.05) is 0 Å². The number of hydrogen-bond acceptors (Lipinski definition) is 4. The third-order valence-electron chi connectivity index (χ3n) is 2.16. The average Bonchev–Trinajstić information content (AvgIpc) is 2.76. The maximum Gasteiger partial charge on any atom is 0.326 e. The van der Waals surface area contributed by atoms with Crippen LogP contribution in [0.2, 0.25) is 0 Å². The molecule has 0 aliphatic carbocycles. The number of urea groups is 1. The highest BCUT2D eigenvalue weighted by molar-refractivity contribution is 5.81. The van der Waals surface area contributed by atoms with Crippen LogP contribution >= 0.6 is 0 Å². The van der Waals surface area contributed by atoms with E-state index in [2.05, 4.69) is 10.5 Å². The summed E-state index contributed by atoms with van der Waals surface area (Å²) in [7, 11) is 1.41. The fraction of sp³-hybridized carbons (Fsp3) is 0.444. The summed E-state index contributed by atoms with van der Waals surface area (Å²) >= 11 is 0. The molecule has 0 aliphatic heterocycles. The first-order valence-electron chi connectivity index (χ1n) is 4.65. The number of carbonyl (C=O) groups is 2. The van der Waals surface area contributed by atoms with Crippen LogP contribution in [0.15, 0.2) is 16.8 Å². The van der Waals surface area contributed by atoms with Crippen molar-refractivity contribution in [2.24, 2.45) is 0 Å². The predicted octanol–water partition coefficient (Wildman–Crippen LogP) is 0.289. The Kier molecular flexibility index (Phi) is 3.87. The van der Waals surface area contributed by atoms with E-state index in [1.54, 1.807) is 6.07 Å². The predicted molar refractivity (Wildman–Crippen MR) is 53.6 cm³/mol. The van der Waals surface area contributed by atoms with Crippen LogP contribution < -0.4 is 5.32 Å². The molecule has 1 heterocycles. The normalized spacial score (nSPS) is 11.9. The van der Waals surface area contributed by atoms with Gasteiger partial charge in [0.05, 0.1) is 12.7 Å². The van der Waals surface area contributed by atoms with E-state index >= 15 is 0 Å². The molecule has 7 nitrogen and oxygen atoms in total. The molecular formula is C9H13N3O4. The molecule has 1 rings (SSSR count). The van der Waals surface area contributed by atoms with Gasteiger partial charge in [0, 0.05) is 13.1 Å². The molecule has 88 valence electrons. The highest BCUT2D eigenvalue weighted by Crippen LogP contribution is 1.99. The van der Waals surface area contributed by atoms with Crippen molar-refractivity contribution in [1.82, 2.24) is 15.4 Å². The van der Waals surface area contributed by atoms with Crippen molar-refractivity contribution in [3.63, 3.8) is 0 Å². The van der Waals surface area contributed by atoms with Gasteiger partial charge in [-0.25, -0.2) is 9.59 Å². The Morgan fingerprint density at radius 1 is 1.69 bits per heavy atom. The van der Waals surface area contributed by atoms with Gasteiger partial charge < -0.3 is 19.8 Å². The molecule has 7 heteroatoms. The average molecular weight is 227 g/mol. The maximum absolute atomic E-state index is 11.5. The topological polar surface area (TPSA) is 95.7 Å². The van der Waals surface area contributed by atoms with E-state index in [4.69, 9.17) is 9.63 Å². The smallest absolute Gasteiger partial charge is 0.326 e. The lowest BCUT2D eigenvalue weighted by molar-refractivity contribution is -0.141. The first-order chi connectivity index (χ1) is 7.52. The number of amides is 2. The second kappa shape index (κ2) is 5.15. The van der Waals surface area contributed by atoms with Crippen molar-refractivity contribution in [1.29, 1.82) is 0 Å². The molecule has 1 aromatic heterocycles. The zero-order valence-electron chi connectivity index (χ0n) is 9.01. The summed E-state index contributed by atoms with van der Waals surface area (Å²) in [6.07, 6.45) is 1.46. The summed E-state index contributed by atoms with van der Waals surface area (Å²) in [5, 5.41) is 14.7. The number of carboxylic acids is 1. The summed E-state index contributed by atoms with van der Waals surface area (Å²) in [5.41, 5.74) is 0. The van der Waals surface area contributed by atoms with Crippen molar-refractivity contribution in [2.75, 3.05) is 7.05 Å². The van der Waals surface area contributed by atoms with Crippen molar-refractivity contribution < 1.29 is 19.2 Å². The highest BCUT2D eigenvalue weighted by atomic mass is 16.5. The molecule has 0 fully saturated rings. The number of aromatic nitrogens is 1.